The van der Waals surface area contributed by atoms with Gasteiger partial charge >= 0.3 is 6.09 Å². The molecule has 4 nitrogen and oxygen atoms in total. The molecule has 4 heteroatoms. The second kappa shape index (κ2) is 3.54. The van der Waals surface area contributed by atoms with E-state index in [1.807, 2.05) is 20.8 Å². The van der Waals surface area contributed by atoms with Crippen molar-refractivity contribution < 1.29 is 14.6 Å². The number of amides is 1. The van der Waals surface area contributed by atoms with Crippen molar-refractivity contribution in [2.75, 3.05) is 6.54 Å². The van der Waals surface area contributed by atoms with Crippen LogP contribution in [-0.2, 0) is 4.74 Å². The lowest BCUT2D eigenvalue weighted by atomic mass is 10.1. The molecular weight excluding hydrogens is 170 g/mol. The number of hydrogen-bond donors (Lipinski definition) is 1. The molecule has 1 atom stereocenters. The molecule has 0 bridgehead atoms. The zero-order valence-electron chi connectivity index (χ0n) is 8.41. The third kappa shape index (κ3) is 2.34. The van der Waals surface area contributed by atoms with Gasteiger partial charge in [-0.2, -0.15) is 0 Å². The molecule has 0 aromatic heterocycles. The smallest absolute Gasteiger partial charge is 0.412 e. The summed E-state index contributed by atoms with van der Waals surface area (Å²) in [5.41, 5.74) is -0.466. The first kappa shape index (κ1) is 10.3. The Hall–Kier alpha value is -0.770. The number of cyclic esters (lactones) is 1. The third-order valence-corrected chi connectivity index (χ3v) is 2.06. The second-order valence-electron chi connectivity index (χ2n) is 4.02. The Bertz CT molecular complexity index is 203. The van der Waals surface area contributed by atoms with E-state index in [0.29, 0.717) is 13.0 Å². The molecule has 1 aliphatic rings. The Morgan fingerprint density at radius 2 is 2.31 bits per heavy atom. The standard InChI is InChI=1S/C9H17NO3/c1-4-5-7(11)10-6-9(2,3)13-8(10)12/h7,11H,4-6H2,1-3H3. The predicted octanol–water partition coefficient (Wildman–Crippen LogP) is 1.34. The number of aliphatic hydroxyl groups excluding tert-OH is 1. The predicted molar refractivity (Wildman–Crippen MR) is 48.2 cm³/mol. The van der Waals surface area contributed by atoms with Crippen molar-refractivity contribution in [1.29, 1.82) is 0 Å². The number of carbonyl (C=O) groups excluding carboxylic acids is 1. The molecule has 0 radical (unpaired) electrons. The Kier molecular flexibility index (Phi) is 2.81. The van der Waals surface area contributed by atoms with Gasteiger partial charge in [0.2, 0.25) is 0 Å². The van der Waals surface area contributed by atoms with E-state index in [9.17, 15) is 9.90 Å². The fourth-order valence-electron chi connectivity index (χ4n) is 1.44. The number of rotatable bonds is 3. The molecule has 1 N–H and O–H groups in total. The summed E-state index contributed by atoms with van der Waals surface area (Å²) in [7, 11) is 0. The average Bonchev–Trinajstić information content (AvgIpc) is 2.25. The molecule has 0 saturated carbocycles. The summed E-state index contributed by atoms with van der Waals surface area (Å²) in [6.45, 7) is 6.11. The van der Waals surface area contributed by atoms with Crippen LogP contribution in [0.25, 0.3) is 0 Å². The van der Waals surface area contributed by atoms with E-state index in [0.717, 1.165) is 6.42 Å². The number of carbonyl (C=O) groups is 1. The molecule has 76 valence electrons. The molecule has 1 saturated heterocycles. The first-order valence-electron chi connectivity index (χ1n) is 4.64. The highest BCUT2D eigenvalue weighted by Crippen LogP contribution is 2.23. The van der Waals surface area contributed by atoms with E-state index in [-0.39, 0.29) is 0 Å². The van der Waals surface area contributed by atoms with E-state index in [1.165, 1.54) is 4.90 Å². The van der Waals surface area contributed by atoms with Gasteiger partial charge in [0, 0.05) is 0 Å². The van der Waals surface area contributed by atoms with Crippen LogP contribution < -0.4 is 0 Å². The molecule has 1 fully saturated rings. The minimum atomic E-state index is -0.695. The molecular formula is C9H17NO3. The van der Waals surface area contributed by atoms with Crippen LogP contribution in [0.1, 0.15) is 33.6 Å². The van der Waals surface area contributed by atoms with Crippen LogP contribution in [-0.4, -0.2) is 34.5 Å². The fraction of sp³-hybridized carbons (Fsp3) is 0.889. The van der Waals surface area contributed by atoms with Gasteiger partial charge in [0.25, 0.3) is 0 Å². The molecule has 1 amide bonds. The maximum Gasteiger partial charge on any atom is 0.412 e. The molecule has 13 heavy (non-hydrogen) atoms. The summed E-state index contributed by atoms with van der Waals surface area (Å²) in [6, 6.07) is 0. The van der Waals surface area contributed by atoms with Gasteiger partial charge in [0.1, 0.15) is 11.8 Å². The quantitative estimate of drug-likeness (QED) is 0.725. The Labute approximate surface area is 78.5 Å². The minimum Gasteiger partial charge on any atom is -0.441 e. The summed E-state index contributed by atoms with van der Waals surface area (Å²) >= 11 is 0. The Morgan fingerprint density at radius 3 is 2.69 bits per heavy atom. The van der Waals surface area contributed by atoms with E-state index in [4.69, 9.17) is 4.74 Å². The van der Waals surface area contributed by atoms with Gasteiger partial charge in [-0.05, 0) is 20.3 Å². The first-order valence-corrected chi connectivity index (χ1v) is 4.64. The fourth-order valence-corrected chi connectivity index (χ4v) is 1.44. The van der Waals surface area contributed by atoms with Crippen LogP contribution in [0.2, 0.25) is 0 Å². The molecule has 1 heterocycles. The summed E-state index contributed by atoms with van der Waals surface area (Å²) < 4.78 is 5.06. The van der Waals surface area contributed by atoms with Crippen molar-refractivity contribution in [2.24, 2.45) is 0 Å². The van der Waals surface area contributed by atoms with Crippen molar-refractivity contribution in [3.63, 3.8) is 0 Å². The molecule has 1 aliphatic heterocycles. The highest BCUT2D eigenvalue weighted by atomic mass is 16.6. The number of ether oxygens (including phenoxy) is 1. The van der Waals surface area contributed by atoms with Crippen molar-refractivity contribution in [2.45, 2.75) is 45.4 Å². The van der Waals surface area contributed by atoms with Crippen LogP contribution >= 0.6 is 0 Å². The van der Waals surface area contributed by atoms with Crippen LogP contribution in [0.15, 0.2) is 0 Å². The molecule has 0 aromatic rings. The van der Waals surface area contributed by atoms with Crippen molar-refractivity contribution >= 4 is 6.09 Å². The van der Waals surface area contributed by atoms with E-state index >= 15 is 0 Å². The molecule has 0 aliphatic carbocycles. The SMILES string of the molecule is CCCC(O)N1CC(C)(C)OC1=O. The maximum atomic E-state index is 11.2. The number of hydrogen-bond acceptors (Lipinski definition) is 3. The normalized spacial score (nSPS) is 23.1. The zero-order chi connectivity index (χ0) is 10.1. The lowest BCUT2D eigenvalue weighted by Crippen LogP contribution is -2.37. The van der Waals surface area contributed by atoms with Crippen molar-refractivity contribution in [1.82, 2.24) is 4.90 Å². The van der Waals surface area contributed by atoms with Gasteiger partial charge < -0.3 is 9.84 Å². The van der Waals surface area contributed by atoms with Gasteiger partial charge in [-0.1, -0.05) is 13.3 Å². The van der Waals surface area contributed by atoms with Crippen LogP contribution in [0, 0.1) is 0 Å². The third-order valence-electron chi connectivity index (χ3n) is 2.06. The van der Waals surface area contributed by atoms with Gasteiger partial charge in [-0.15, -0.1) is 0 Å². The zero-order valence-corrected chi connectivity index (χ0v) is 8.41. The van der Waals surface area contributed by atoms with Crippen LogP contribution in [0.3, 0.4) is 0 Å². The molecule has 0 spiro atoms. The summed E-state index contributed by atoms with van der Waals surface area (Å²) in [6.07, 6.45) is 0.349. The Balaban J connectivity index is 2.57. The number of aliphatic hydroxyl groups is 1. The first-order chi connectivity index (χ1) is 5.96. The molecule has 0 aromatic carbocycles. The van der Waals surface area contributed by atoms with E-state index in [2.05, 4.69) is 0 Å². The van der Waals surface area contributed by atoms with Gasteiger partial charge in [0.05, 0.1) is 6.54 Å². The summed E-state index contributed by atoms with van der Waals surface area (Å²) in [5, 5.41) is 9.58. The highest BCUT2D eigenvalue weighted by Gasteiger charge is 2.40. The Morgan fingerprint density at radius 1 is 1.69 bits per heavy atom. The van der Waals surface area contributed by atoms with Crippen LogP contribution in [0.5, 0.6) is 0 Å². The topological polar surface area (TPSA) is 49.8 Å². The maximum absolute atomic E-state index is 11.2. The van der Waals surface area contributed by atoms with Crippen molar-refractivity contribution in [3.05, 3.63) is 0 Å². The lowest BCUT2D eigenvalue weighted by Gasteiger charge is -2.20. The highest BCUT2D eigenvalue weighted by molar-refractivity contribution is 5.70. The second-order valence-corrected chi connectivity index (χ2v) is 4.02. The largest absolute Gasteiger partial charge is 0.441 e. The number of nitrogens with zero attached hydrogens (tertiary/aromatic N) is 1. The van der Waals surface area contributed by atoms with E-state index in [1.54, 1.807) is 0 Å². The lowest BCUT2D eigenvalue weighted by molar-refractivity contribution is 0.0308. The average molecular weight is 187 g/mol. The molecule has 1 rings (SSSR count). The summed E-state index contributed by atoms with van der Waals surface area (Å²) in [4.78, 5) is 12.6. The van der Waals surface area contributed by atoms with Crippen LogP contribution in [0.4, 0.5) is 4.79 Å². The van der Waals surface area contributed by atoms with Crippen molar-refractivity contribution in [3.8, 4) is 0 Å². The monoisotopic (exact) mass is 187 g/mol. The van der Waals surface area contributed by atoms with E-state index < -0.39 is 17.9 Å². The minimum absolute atomic E-state index is 0.411. The van der Waals surface area contributed by atoms with Gasteiger partial charge in [-0.3, -0.25) is 4.90 Å². The van der Waals surface area contributed by atoms with Gasteiger partial charge in [-0.25, -0.2) is 4.79 Å². The molecule has 1 unspecified atom stereocenters. The van der Waals surface area contributed by atoms with Gasteiger partial charge in [0.15, 0.2) is 0 Å². The summed E-state index contributed by atoms with van der Waals surface area (Å²) in [5.74, 6) is 0.